The van der Waals surface area contributed by atoms with E-state index < -0.39 is 0 Å². The fourth-order valence-electron chi connectivity index (χ4n) is 2.55. The molecule has 0 aliphatic rings. The van der Waals surface area contributed by atoms with Crippen molar-refractivity contribution in [1.82, 2.24) is 25.1 Å². The van der Waals surface area contributed by atoms with Crippen molar-refractivity contribution in [2.45, 2.75) is 31.6 Å². The Morgan fingerprint density at radius 1 is 1.19 bits per heavy atom. The Kier molecular flexibility index (Phi) is 6.54. The summed E-state index contributed by atoms with van der Waals surface area (Å²) < 4.78 is 15.6. The molecule has 0 saturated heterocycles. The van der Waals surface area contributed by atoms with Crippen molar-refractivity contribution >= 4 is 17.7 Å². The predicted molar refractivity (Wildman–Crippen MR) is 103 cm³/mol. The molecule has 0 atom stereocenters. The molecule has 0 spiro atoms. The molecule has 0 bridgehead atoms. The maximum Gasteiger partial charge on any atom is 0.230 e. The van der Waals surface area contributed by atoms with E-state index in [1.165, 1.54) is 17.8 Å². The summed E-state index contributed by atoms with van der Waals surface area (Å²) in [5.41, 5.74) is 1.40. The van der Waals surface area contributed by atoms with Crippen molar-refractivity contribution in [1.29, 1.82) is 0 Å². The SMILES string of the molecule is CCCn1c(SCC(=O)NCc2ccccc2F)nnc1-c1ccncc1. The maximum absolute atomic E-state index is 13.6. The van der Waals surface area contributed by atoms with E-state index in [1.54, 1.807) is 30.6 Å². The van der Waals surface area contributed by atoms with Crippen molar-refractivity contribution in [2.24, 2.45) is 0 Å². The molecule has 0 unspecified atom stereocenters. The van der Waals surface area contributed by atoms with Gasteiger partial charge in [-0.1, -0.05) is 36.9 Å². The lowest BCUT2D eigenvalue weighted by Crippen LogP contribution is -2.25. The average Bonchev–Trinajstić information content (AvgIpc) is 3.09. The first-order chi connectivity index (χ1) is 13.2. The van der Waals surface area contributed by atoms with E-state index in [2.05, 4.69) is 27.4 Å². The van der Waals surface area contributed by atoms with Crippen LogP contribution in [0.5, 0.6) is 0 Å². The number of carbonyl (C=O) groups excluding carboxylic acids is 1. The number of nitrogens with zero attached hydrogens (tertiary/aromatic N) is 4. The molecule has 1 N–H and O–H groups in total. The average molecular weight is 385 g/mol. The van der Waals surface area contributed by atoms with Crippen molar-refractivity contribution < 1.29 is 9.18 Å². The molecule has 0 fully saturated rings. The topological polar surface area (TPSA) is 72.7 Å². The molecule has 8 heteroatoms. The summed E-state index contributed by atoms with van der Waals surface area (Å²) >= 11 is 1.32. The quantitative estimate of drug-likeness (QED) is 0.603. The van der Waals surface area contributed by atoms with Gasteiger partial charge in [0.15, 0.2) is 11.0 Å². The van der Waals surface area contributed by atoms with E-state index in [-0.39, 0.29) is 24.0 Å². The van der Waals surface area contributed by atoms with Crippen LogP contribution in [0.3, 0.4) is 0 Å². The second kappa shape index (κ2) is 9.27. The van der Waals surface area contributed by atoms with Gasteiger partial charge in [0.2, 0.25) is 5.91 Å². The van der Waals surface area contributed by atoms with Crippen molar-refractivity contribution in [3.63, 3.8) is 0 Å². The molecule has 3 aromatic rings. The molecular formula is C19H20FN5OS. The first kappa shape index (κ1) is 19.0. The fourth-order valence-corrected chi connectivity index (χ4v) is 3.35. The summed E-state index contributed by atoms with van der Waals surface area (Å²) in [7, 11) is 0. The number of hydrogen-bond donors (Lipinski definition) is 1. The highest BCUT2D eigenvalue weighted by Gasteiger charge is 2.15. The first-order valence-electron chi connectivity index (χ1n) is 8.65. The van der Waals surface area contributed by atoms with Crippen molar-refractivity contribution in [3.8, 4) is 11.4 Å². The van der Waals surface area contributed by atoms with E-state index in [0.717, 1.165) is 24.4 Å². The van der Waals surface area contributed by atoms with Crippen LogP contribution in [-0.2, 0) is 17.9 Å². The zero-order valence-electron chi connectivity index (χ0n) is 14.9. The number of aromatic nitrogens is 4. The number of amides is 1. The highest BCUT2D eigenvalue weighted by atomic mass is 32.2. The lowest BCUT2D eigenvalue weighted by molar-refractivity contribution is -0.118. The largest absolute Gasteiger partial charge is 0.351 e. The third-order valence-electron chi connectivity index (χ3n) is 3.87. The van der Waals surface area contributed by atoms with Crippen LogP contribution in [0.25, 0.3) is 11.4 Å². The highest BCUT2D eigenvalue weighted by Crippen LogP contribution is 2.23. The van der Waals surface area contributed by atoms with Crippen LogP contribution < -0.4 is 5.32 Å². The van der Waals surface area contributed by atoms with Gasteiger partial charge in [0.25, 0.3) is 0 Å². The van der Waals surface area contributed by atoms with Crippen LogP contribution in [-0.4, -0.2) is 31.4 Å². The summed E-state index contributed by atoms with van der Waals surface area (Å²) in [5, 5.41) is 11.9. The molecule has 0 saturated carbocycles. The van der Waals surface area contributed by atoms with Crippen LogP contribution in [0.1, 0.15) is 18.9 Å². The number of hydrogen-bond acceptors (Lipinski definition) is 5. The third kappa shape index (κ3) is 4.91. The van der Waals surface area contributed by atoms with Gasteiger partial charge in [-0.3, -0.25) is 9.78 Å². The van der Waals surface area contributed by atoms with Gasteiger partial charge in [-0.05, 0) is 24.6 Å². The van der Waals surface area contributed by atoms with Gasteiger partial charge in [-0.25, -0.2) is 4.39 Å². The Morgan fingerprint density at radius 3 is 2.70 bits per heavy atom. The first-order valence-corrected chi connectivity index (χ1v) is 9.64. The summed E-state index contributed by atoms with van der Waals surface area (Å²) in [6.07, 6.45) is 4.34. The molecule has 6 nitrogen and oxygen atoms in total. The summed E-state index contributed by atoms with van der Waals surface area (Å²) in [5.74, 6) is 0.440. The molecule has 2 heterocycles. The van der Waals surface area contributed by atoms with E-state index in [4.69, 9.17) is 0 Å². The van der Waals surface area contributed by atoms with E-state index >= 15 is 0 Å². The lowest BCUT2D eigenvalue weighted by atomic mass is 10.2. The van der Waals surface area contributed by atoms with E-state index in [0.29, 0.717) is 10.7 Å². The molecule has 27 heavy (non-hydrogen) atoms. The minimum Gasteiger partial charge on any atom is -0.351 e. The number of rotatable bonds is 8. The Bertz CT molecular complexity index is 900. The minimum absolute atomic E-state index is 0.163. The van der Waals surface area contributed by atoms with Gasteiger partial charge >= 0.3 is 0 Å². The lowest BCUT2D eigenvalue weighted by Gasteiger charge is -2.09. The van der Waals surface area contributed by atoms with Crippen molar-refractivity contribution in [2.75, 3.05) is 5.75 Å². The number of pyridine rings is 1. The zero-order chi connectivity index (χ0) is 19.1. The van der Waals surface area contributed by atoms with E-state index in [9.17, 15) is 9.18 Å². The van der Waals surface area contributed by atoms with Gasteiger partial charge in [0, 0.05) is 36.6 Å². The normalized spacial score (nSPS) is 10.7. The smallest absolute Gasteiger partial charge is 0.230 e. The molecule has 140 valence electrons. The maximum atomic E-state index is 13.6. The van der Waals surface area contributed by atoms with Crippen molar-refractivity contribution in [3.05, 3.63) is 60.2 Å². The molecule has 0 aliphatic heterocycles. The Morgan fingerprint density at radius 2 is 1.96 bits per heavy atom. The summed E-state index contributed by atoms with van der Waals surface area (Å²) in [6, 6.07) is 10.2. The van der Waals surface area contributed by atoms with Gasteiger partial charge in [-0.15, -0.1) is 10.2 Å². The second-order valence-corrected chi connectivity index (χ2v) is 6.79. The van der Waals surface area contributed by atoms with Gasteiger partial charge in [-0.2, -0.15) is 0 Å². The molecular weight excluding hydrogens is 365 g/mol. The molecule has 0 aliphatic carbocycles. The Hall–Kier alpha value is -2.74. The number of carbonyl (C=O) groups is 1. The van der Waals surface area contributed by atoms with Crippen LogP contribution in [0.15, 0.2) is 53.9 Å². The Balaban J connectivity index is 1.63. The zero-order valence-corrected chi connectivity index (χ0v) is 15.7. The second-order valence-electron chi connectivity index (χ2n) is 5.85. The summed E-state index contributed by atoms with van der Waals surface area (Å²) in [4.78, 5) is 16.1. The highest BCUT2D eigenvalue weighted by molar-refractivity contribution is 7.99. The number of nitrogens with one attached hydrogen (secondary N) is 1. The molecule has 3 rings (SSSR count). The third-order valence-corrected chi connectivity index (χ3v) is 4.84. The van der Waals surface area contributed by atoms with Crippen LogP contribution in [0.2, 0.25) is 0 Å². The summed E-state index contributed by atoms with van der Waals surface area (Å²) in [6.45, 7) is 2.99. The number of thioether (sulfide) groups is 1. The number of benzene rings is 1. The molecule has 2 aromatic heterocycles. The van der Waals surface area contributed by atoms with E-state index in [1.807, 2.05) is 16.7 Å². The van der Waals surface area contributed by atoms with Gasteiger partial charge in [0.05, 0.1) is 5.75 Å². The fraction of sp³-hybridized carbons (Fsp3) is 0.263. The van der Waals surface area contributed by atoms with Gasteiger partial charge < -0.3 is 9.88 Å². The molecule has 1 aromatic carbocycles. The Labute approximate surface area is 161 Å². The predicted octanol–water partition coefficient (Wildman–Crippen LogP) is 3.30. The van der Waals surface area contributed by atoms with Gasteiger partial charge in [0.1, 0.15) is 5.82 Å². The van der Waals surface area contributed by atoms with Crippen LogP contribution in [0.4, 0.5) is 4.39 Å². The monoisotopic (exact) mass is 385 g/mol. The number of halogens is 1. The van der Waals surface area contributed by atoms with Crippen LogP contribution in [0, 0.1) is 5.82 Å². The van der Waals surface area contributed by atoms with Crippen LogP contribution >= 0.6 is 11.8 Å². The standard InChI is InChI=1S/C19H20FN5OS/c1-2-11-25-18(14-7-9-21-10-8-14)23-24-19(25)27-13-17(26)22-12-15-5-3-4-6-16(15)20/h3-10H,2,11-13H2,1H3,(H,22,26). The molecule has 0 radical (unpaired) electrons. The molecule has 1 amide bonds. The minimum atomic E-state index is -0.324.